The summed E-state index contributed by atoms with van der Waals surface area (Å²) in [6.07, 6.45) is 6.61. The van der Waals surface area contributed by atoms with Gasteiger partial charge < -0.3 is 15.8 Å². The molecular weight excluding hydrogens is 240 g/mol. The highest BCUT2D eigenvalue weighted by Crippen LogP contribution is 2.38. The summed E-state index contributed by atoms with van der Waals surface area (Å²) in [7, 11) is 0. The fourth-order valence-electron chi connectivity index (χ4n) is 3.33. The molecule has 4 heteroatoms. The van der Waals surface area contributed by atoms with E-state index in [0.29, 0.717) is 5.92 Å². The minimum absolute atomic E-state index is 0.189. The summed E-state index contributed by atoms with van der Waals surface area (Å²) < 4.78 is 5.72. The standard InChI is InChI=1S/C15H28N2O2/c1-11(2)17-15(14(16)18)8-3-4-13(15)7-9-19-10-12-5-6-12/h11-13,17H,3-10H2,1-2H3,(H2,16,18). The Bertz CT molecular complexity index is 315. The molecule has 2 unspecified atom stereocenters. The van der Waals surface area contributed by atoms with Gasteiger partial charge >= 0.3 is 0 Å². The zero-order valence-electron chi connectivity index (χ0n) is 12.3. The number of nitrogens with two attached hydrogens (primary N) is 1. The van der Waals surface area contributed by atoms with Gasteiger partial charge in [0, 0.05) is 19.3 Å². The molecule has 3 N–H and O–H groups in total. The van der Waals surface area contributed by atoms with Crippen LogP contribution in [0, 0.1) is 11.8 Å². The van der Waals surface area contributed by atoms with E-state index < -0.39 is 5.54 Å². The van der Waals surface area contributed by atoms with E-state index in [1.54, 1.807) is 0 Å². The van der Waals surface area contributed by atoms with Crippen LogP contribution in [0.15, 0.2) is 0 Å². The molecule has 0 aromatic rings. The molecular formula is C15H28N2O2. The zero-order chi connectivity index (χ0) is 13.9. The van der Waals surface area contributed by atoms with E-state index in [2.05, 4.69) is 19.2 Å². The van der Waals surface area contributed by atoms with Gasteiger partial charge in [-0.2, -0.15) is 0 Å². The van der Waals surface area contributed by atoms with Crippen LogP contribution in [-0.2, 0) is 9.53 Å². The molecule has 2 rings (SSSR count). The molecule has 0 bridgehead atoms. The first kappa shape index (κ1) is 14.8. The monoisotopic (exact) mass is 268 g/mol. The third-order valence-corrected chi connectivity index (χ3v) is 4.47. The third-order valence-electron chi connectivity index (χ3n) is 4.47. The molecule has 2 aliphatic rings. The van der Waals surface area contributed by atoms with Gasteiger partial charge in [0.1, 0.15) is 5.54 Å². The Labute approximate surface area is 116 Å². The Morgan fingerprint density at radius 1 is 1.42 bits per heavy atom. The molecule has 2 aliphatic carbocycles. The summed E-state index contributed by atoms with van der Waals surface area (Å²) in [6.45, 7) is 5.80. The Kier molecular flexibility index (Phi) is 4.85. The number of primary amides is 1. The number of amides is 1. The Morgan fingerprint density at radius 3 is 2.74 bits per heavy atom. The molecule has 0 saturated heterocycles. The second kappa shape index (κ2) is 6.23. The fraction of sp³-hybridized carbons (Fsp3) is 0.933. The highest BCUT2D eigenvalue weighted by molar-refractivity contribution is 5.85. The summed E-state index contributed by atoms with van der Waals surface area (Å²) >= 11 is 0. The van der Waals surface area contributed by atoms with Gasteiger partial charge in [0.15, 0.2) is 0 Å². The van der Waals surface area contributed by atoms with Crippen LogP contribution in [0.5, 0.6) is 0 Å². The molecule has 19 heavy (non-hydrogen) atoms. The van der Waals surface area contributed by atoms with Crippen molar-refractivity contribution in [3.05, 3.63) is 0 Å². The topological polar surface area (TPSA) is 64.3 Å². The van der Waals surface area contributed by atoms with Crippen LogP contribution in [0.2, 0.25) is 0 Å². The number of carbonyl (C=O) groups excluding carboxylic acids is 1. The molecule has 0 spiro atoms. The van der Waals surface area contributed by atoms with Crippen molar-refractivity contribution in [3.63, 3.8) is 0 Å². The minimum Gasteiger partial charge on any atom is -0.381 e. The first-order chi connectivity index (χ1) is 9.04. The maximum Gasteiger partial charge on any atom is 0.238 e. The highest BCUT2D eigenvalue weighted by Gasteiger charge is 2.47. The van der Waals surface area contributed by atoms with Crippen molar-refractivity contribution in [1.29, 1.82) is 0 Å². The molecule has 4 nitrogen and oxygen atoms in total. The molecule has 0 heterocycles. The van der Waals surface area contributed by atoms with E-state index in [-0.39, 0.29) is 11.9 Å². The van der Waals surface area contributed by atoms with Crippen LogP contribution in [0.25, 0.3) is 0 Å². The minimum atomic E-state index is -0.503. The predicted molar refractivity (Wildman–Crippen MR) is 75.7 cm³/mol. The van der Waals surface area contributed by atoms with E-state index in [0.717, 1.165) is 44.8 Å². The van der Waals surface area contributed by atoms with Crippen LogP contribution in [-0.4, -0.2) is 30.7 Å². The lowest BCUT2D eigenvalue weighted by Crippen LogP contribution is -2.60. The lowest BCUT2D eigenvalue weighted by atomic mass is 9.83. The van der Waals surface area contributed by atoms with E-state index in [4.69, 9.17) is 10.5 Å². The third kappa shape index (κ3) is 3.69. The summed E-state index contributed by atoms with van der Waals surface area (Å²) in [5, 5.41) is 3.44. The summed E-state index contributed by atoms with van der Waals surface area (Å²) in [5.41, 5.74) is 5.19. The first-order valence-electron chi connectivity index (χ1n) is 7.70. The maximum atomic E-state index is 11.9. The molecule has 2 saturated carbocycles. The molecule has 1 amide bonds. The second-order valence-corrected chi connectivity index (χ2v) is 6.53. The Hall–Kier alpha value is -0.610. The Balaban J connectivity index is 1.86. The molecule has 110 valence electrons. The van der Waals surface area contributed by atoms with E-state index >= 15 is 0 Å². The predicted octanol–water partition coefficient (Wildman–Crippen LogP) is 1.83. The second-order valence-electron chi connectivity index (χ2n) is 6.53. The molecule has 2 atom stereocenters. The van der Waals surface area contributed by atoms with Crippen LogP contribution in [0.4, 0.5) is 0 Å². The number of rotatable bonds is 8. The molecule has 2 fully saturated rings. The van der Waals surface area contributed by atoms with Crippen LogP contribution in [0.1, 0.15) is 52.4 Å². The van der Waals surface area contributed by atoms with Gasteiger partial charge in [0.05, 0.1) is 0 Å². The van der Waals surface area contributed by atoms with Gasteiger partial charge in [-0.1, -0.05) is 6.42 Å². The van der Waals surface area contributed by atoms with Crippen LogP contribution >= 0.6 is 0 Å². The SMILES string of the molecule is CC(C)NC1(C(N)=O)CCCC1CCOCC1CC1. The lowest BCUT2D eigenvalue weighted by molar-refractivity contribution is -0.126. The van der Waals surface area contributed by atoms with Gasteiger partial charge in [0.25, 0.3) is 0 Å². The smallest absolute Gasteiger partial charge is 0.238 e. The van der Waals surface area contributed by atoms with Crippen molar-refractivity contribution in [2.24, 2.45) is 17.6 Å². The number of carbonyl (C=O) groups is 1. The van der Waals surface area contributed by atoms with E-state index in [9.17, 15) is 4.79 Å². The molecule has 0 aromatic carbocycles. The average Bonchev–Trinajstić information content (AvgIpc) is 3.06. The summed E-state index contributed by atoms with van der Waals surface area (Å²) in [4.78, 5) is 11.9. The van der Waals surface area contributed by atoms with E-state index in [1.165, 1.54) is 12.8 Å². The average molecular weight is 268 g/mol. The number of nitrogens with one attached hydrogen (secondary N) is 1. The van der Waals surface area contributed by atoms with Crippen molar-refractivity contribution >= 4 is 5.91 Å². The summed E-state index contributed by atoms with van der Waals surface area (Å²) in [5.74, 6) is 0.941. The van der Waals surface area contributed by atoms with Crippen molar-refractivity contribution in [3.8, 4) is 0 Å². The fourth-order valence-corrected chi connectivity index (χ4v) is 3.33. The zero-order valence-corrected chi connectivity index (χ0v) is 12.3. The van der Waals surface area contributed by atoms with Crippen LogP contribution < -0.4 is 11.1 Å². The van der Waals surface area contributed by atoms with Crippen molar-refractivity contribution in [2.45, 2.75) is 64.0 Å². The molecule has 0 aliphatic heterocycles. The van der Waals surface area contributed by atoms with Crippen molar-refractivity contribution in [2.75, 3.05) is 13.2 Å². The van der Waals surface area contributed by atoms with E-state index in [1.807, 2.05) is 0 Å². The normalized spacial score (nSPS) is 31.0. The largest absolute Gasteiger partial charge is 0.381 e. The molecule has 0 aromatic heterocycles. The maximum absolute atomic E-state index is 11.9. The molecule has 0 radical (unpaired) electrons. The van der Waals surface area contributed by atoms with Gasteiger partial charge in [-0.25, -0.2) is 0 Å². The quantitative estimate of drug-likeness (QED) is 0.660. The Morgan fingerprint density at radius 2 is 2.16 bits per heavy atom. The van der Waals surface area contributed by atoms with Crippen molar-refractivity contribution in [1.82, 2.24) is 5.32 Å². The van der Waals surface area contributed by atoms with Crippen LogP contribution in [0.3, 0.4) is 0 Å². The van der Waals surface area contributed by atoms with Gasteiger partial charge in [-0.05, 0) is 57.8 Å². The first-order valence-corrected chi connectivity index (χ1v) is 7.70. The van der Waals surface area contributed by atoms with Crippen molar-refractivity contribution < 1.29 is 9.53 Å². The number of hydrogen-bond acceptors (Lipinski definition) is 3. The number of ether oxygens (including phenoxy) is 1. The van der Waals surface area contributed by atoms with Gasteiger partial charge in [-0.15, -0.1) is 0 Å². The number of hydrogen-bond donors (Lipinski definition) is 2. The lowest BCUT2D eigenvalue weighted by Gasteiger charge is -2.35. The summed E-state index contributed by atoms with van der Waals surface area (Å²) in [6, 6.07) is 0.278. The van der Waals surface area contributed by atoms with Gasteiger partial charge in [-0.3, -0.25) is 4.79 Å². The highest BCUT2D eigenvalue weighted by atomic mass is 16.5. The van der Waals surface area contributed by atoms with Gasteiger partial charge in [0.2, 0.25) is 5.91 Å².